The van der Waals surface area contributed by atoms with Crippen molar-refractivity contribution in [3.63, 3.8) is 0 Å². The fourth-order valence-electron chi connectivity index (χ4n) is 16.3. The number of hydrogen-bond acceptors (Lipinski definition) is 14. The van der Waals surface area contributed by atoms with Crippen molar-refractivity contribution in [1.29, 1.82) is 0 Å². The van der Waals surface area contributed by atoms with Crippen LogP contribution in [0.25, 0.3) is 0 Å². The van der Waals surface area contributed by atoms with E-state index in [4.69, 9.17) is 29.5 Å². The summed E-state index contributed by atoms with van der Waals surface area (Å²) in [6, 6.07) is 0.177. The van der Waals surface area contributed by atoms with Gasteiger partial charge in [-0.1, -0.05) is 170 Å². The van der Waals surface area contributed by atoms with Crippen molar-refractivity contribution in [3.05, 3.63) is 0 Å². The van der Waals surface area contributed by atoms with Crippen LogP contribution in [0.4, 0.5) is 24.0 Å². The number of carbonyl (C=O) groups is 5. The third-order valence-corrected chi connectivity index (χ3v) is 22.4. The molecule has 23 heteroatoms. The summed E-state index contributed by atoms with van der Waals surface area (Å²) in [6.45, 7) is 2.60. The van der Waals surface area contributed by atoms with Crippen LogP contribution < -0.4 is 26.6 Å². The molecule has 0 aromatic heterocycles. The molecule has 0 aliphatic heterocycles. The first-order valence-electron chi connectivity index (χ1n) is 41.2. The molecule has 0 spiro atoms. The lowest BCUT2D eigenvalue weighted by Crippen LogP contribution is -2.51. The molecule has 0 heterocycles. The average molecular weight is 1390 g/mol. The normalized spacial score (nSPS) is 20.7. The highest BCUT2D eigenvalue weighted by Gasteiger charge is 2.36. The number of aliphatic imine (C=N–C) groups is 3. The predicted molar refractivity (Wildman–Crippen MR) is 399 cm³/mol. The van der Waals surface area contributed by atoms with Crippen LogP contribution in [0, 0.1) is 0 Å². The van der Waals surface area contributed by atoms with Gasteiger partial charge in [-0.15, -0.1) is 0 Å². The van der Waals surface area contributed by atoms with Crippen molar-refractivity contribution in [2.75, 3.05) is 39.3 Å². The Morgan fingerprint density at radius 3 is 0.770 bits per heavy atom. The first-order valence-corrected chi connectivity index (χ1v) is 41.2. The van der Waals surface area contributed by atoms with Gasteiger partial charge in [0, 0.05) is 57.4 Å². The van der Waals surface area contributed by atoms with Gasteiger partial charge in [0.15, 0.2) is 0 Å². The maximum Gasteiger partial charge on any atom is 0.326 e. The molecule has 0 aromatic carbocycles. The first-order chi connectivity index (χ1) is 49.3. The van der Waals surface area contributed by atoms with Gasteiger partial charge in [-0.2, -0.15) is 0 Å². The average Bonchev–Trinajstić information content (AvgIpc) is 1.31. The molecule has 5 N–H and O–H groups in total. The van der Waals surface area contributed by atoms with Gasteiger partial charge in [0.05, 0.1) is 35.3 Å². The van der Waals surface area contributed by atoms with E-state index in [2.05, 4.69) is 42.1 Å². The van der Waals surface area contributed by atoms with Gasteiger partial charge < -0.3 is 41.1 Å². The second kappa shape index (κ2) is 45.8. The predicted octanol–water partition coefficient (Wildman–Crippen LogP) is 17.3. The lowest BCUT2D eigenvalue weighted by atomic mass is 9.94. The van der Waals surface area contributed by atoms with Crippen LogP contribution >= 0.6 is 0 Å². The van der Waals surface area contributed by atoms with Crippen molar-refractivity contribution >= 4 is 65.4 Å². The van der Waals surface area contributed by atoms with Gasteiger partial charge in [-0.25, -0.2) is 58.5 Å². The number of carbonyl (C=O) groups excluding carboxylic acids is 5. The molecule has 0 unspecified atom stereocenters. The summed E-state index contributed by atoms with van der Waals surface area (Å²) in [5, 5.41) is 29.5. The van der Waals surface area contributed by atoms with Crippen LogP contribution in [0.5, 0.6) is 0 Å². The van der Waals surface area contributed by atoms with Crippen molar-refractivity contribution in [2.45, 2.75) is 383 Å². The highest BCUT2D eigenvalue weighted by atomic mass is 16.7. The van der Waals surface area contributed by atoms with Crippen LogP contribution in [0.2, 0.25) is 0 Å². The Bertz CT molecular complexity index is 2490. The van der Waals surface area contributed by atoms with Gasteiger partial charge >= 0.3 is 48.2 Å². The Balaban J connectivity index is 0.740. The summed E-state index contributed by atoms with van der Waals surface area (Å²) in [5.41, 5.74) is 3.14. The van der Waals surface area contributed by atoms with E-state index in [1.807, 2.05) is 0 Å². The van der Waals surface area contributed by atoms with Gasteiger partial charge in [0.1, 0.15) is 0 Å². The molecule has 9 rings (SSSR count). The molecule has 9 saturated carbocycles. The third kappa shape index (κ3) is 27.6. The summed E-state index contributed by atoms with van der Waals surface area (Å²) >= 11 is 0. The van der Waals surface area contributed by atoms with Crippen LogP contribution in [0.15, 0.2) is 30.4 Å². The van der Waals surface area contributed by atoms with Crippen LogP contribution in [-0.4, -0.2) is 160 Å². The molecule has 0 saturated heterocycles. The highest BCUT2D eigenvalue weighted by Crippen LogP contribution is 2.31. The molecule has 0 aromatic rings. The fourth-order valence-corrected chi connectivity index (χ4v) is 16.3. The summed E-state index contributed by atoms with van der Waals surface area (Å²) < 4.78 is 0. The summed E-state index contributed by atoms with van der Waals surface area (Å²) in [6.07, 6.45) is 53.5. The van der Waals surface area contributed by atoms with Crippen LogP contribution in [0.1, 0.15) is 347 Å². The maximum absolute atomic E-state index is 14.3. The van der Waals surface area contributed by atoms with Crippen molar-refractivity contribution < 1.29 is 38.5 Å². The number of nitrogens with zero attached hydrogens (tertiary/aromatic N) is 10. The molecule has 100 heavy (non-hydrogen) atoms. The van der Waals surface area contributed by atoms with Crippen molar-refractivity contribution in [2.24, 2.45) is 30.4 Å². The van der Waals surface area contributed by atoms with Crippen molar-refractivity contribution in [1.82, 2.24) is 46.2 Å². The number of rotatable bonds is 30. The zero-order valence-corrected chi connectivity index (χ0v) is 61.6. The number of amidine groups is 3. The van der Waals surface area contributed by atoms with Crippen molar-refractivity contribution in [3.8, 4) is 0 Å². The zero-order chi connectivity index (χ0) is 69.5. The quantitative estimate of drug-likeness (QED) is 0.0199. The van der Waals surface area contributed by atoms with Crippen LogP contribution in [0.3, 0.4) is 0 Å². The molecule has 0 bridgehead atoms. The van der Waals surface area contributed by atoms with E-state index in [1.54, 1.807) is 14.7 Å². The second-order valence-electron chi connectivity index (χ2n) is 30.5. The molecular formula is C77H131N15O8. The van der Waals surface area contributed by atoms with E-state index < -0.39 is 12.1 Å². The minimum atomic E-state index is -0.416. The highest BCUT2D eigenvalue weighted by molar-refractivity contribution is 5.97. The molecule has 10 amide bonds. The number of unbranched alkanes of at least 4 members (excludes halogenated alkanes) is 9. The number of oxime groups is 3. The Morgan fingerprint density at radius 1 is 0.280 bits per heavy atom. The summed E-state index contributed by atoms with van der Waals surface area (Å²) in [4.78, 5) is 111. The lowest BCUT2D eigenvalue weighted by molar-refractivity contribution is 0.164. The number of nitrogens with one attached hydrogen (secondary N) is 5. The largest absolute Gasteiger partial charge is 0.338 e. The van der Waals surface area contributed by atoms with E-state index in [-0.39, 0.29) is 60.9 Å². The maximum atomic E-state index is 14.3. The van der Waals surface area contributed by atoms with E-state index in [0.717, 1.165) is 325 Å². The third-order valence-electron chi connectivity index (χ3n) is 22.4. The minimum Gasteiger partial charge on any atom is -0.338 e. The monoisotopic (exact) mass is 1390 g/mol. The standard InChI is InChI=1S/C77H131N15O8/c93-70(78-55-31-1-3-33-57-80-72(95)90(67-49-19-10-20-50-67)75(83-61-37-13-7-14-38-61)98-86-64-43-25-26-44-64)89(60-36-6-5-35-59-82-74(97)92(69-53-23-12-24-54-69)77(85-63-41-17-9-18-42-63)100-88-66-47-29-30-48-66)71(94)79-56-32-2-4-34-58-81-73(96)91(68-51-21-11-22-52-68)76(84-62-39-15-8-16-40-62)99-87-65-45-27-28-46-65/h61-63,67-69H,1-60H2,(H,78,93)(H,79,94)(H,80,95)(H,81,96)(H,82,97)/b83-75-,84-76-,85-77-. The Kier molecular flexibility index (Phi) is 35.8. The molecule has 9 aliphatic carbocycles. The number of amides is 10. The van der Waals surface area contributed by atoms with E-state index >= 15 is 0 Å². The smallest absolute Gasteiger partial charge is 0.326 e. The molecule has 9 aliphatic rings. The number of urea groups is 5. The zero-order valence-electron chi connectivity index (χ0n) is 61.6. The molecule has 562 valence electrons. The Labute approximate surface area is 600 Å². The molecule has 23 nitrogen and oxygen atoms in total. The van der Waals surface area contributed by atoms with Gasteiger partial charge in [0.2, 0.25) is 0 Å². The molecule has 9 fully saturated rings. The van der Waals surface area contributed by atoms with E-state index in [1.165, 1.54) is 37.0 Å². The van der Waals surface area contributed by atoms with Gasteiger partial charge in [-0.3, -0.25) is 0 Å². The SMILES string of the molecule is O=C(NCCCCCCNC(=O)N(/C(=N/C1CCCCC1)ON=C1CCCC1)C1CCCCC1)N(CCCCCCNC(=O)N(/C(=N/C1CCCCC1)ON=C1CCCC1)C1CCCCC1)C(=O)NCCCCCCNC(=O)N(/C(=N/C1CCCCC1)ON=C1CCCC1)C1CCCCC1. The summed E-state index contributed by atoms with van der Waals surface area (Å²) in [5.74, 6) is 0. The topological polar surface area (TPSA) is 260 Å². The lowest BCUT2D eigenvalue weighted by Gasteiger charge is -2.34. The van der Waals surface area contributed by atoms with E-state index in [9.17, 15) is 24.0 Å². The minimum absolute atomic E-state index is 0.00770. The molecule has 0 radical (unpaired) electrons. The Morgan fingerprint density at radius 2 is 0.510 bits per heavy atom. The van der Waals surface area contributed by atoms with E-state index in [0.29, 0.717) is 57.2 Å². The van der Waals surface area contributed by atoms with Gasteiger partial charge in [0.25, 0.3) is 0 Å². The second-order valence-corrected chi connectivity index (χ2v) is 30.5. The molecular weight excluding hydrogens is 1260 g/mol. The number of hydrogen-bond donors (Lipinski definition) is 5. The summed E-state index contributed by atoms with van der Waals surface area (Å²) in [7, 11) is 0. The Hall–Kier alpha value is -6.03. The van der Waals surface area contributed by atoms with Crippen LogP contribution in [-0.2, 0) is 14.5 Å². The first kappa shape index (κ1) is 78.1. The fraction of sp³-hybridized carbons (Fsp3) is 0.857. The number of imide groups is 1. The van der Waals surface area contributed by atoms with Gasteiger partial charge in [-0.05, 0) is 193 Å². The molecule has 0 atom stereocenters.